The van der Waals surface area contributed by atoms with Gasteiger partial charge in [0.05, 0.1) is 0 Å². The molecule has 0 fully saturated rings. The highest BCUT2D eigenvalue weighted by Gasteiger charge is 2.13. The van der Waals surface area contributed by atoms with Crippen LogP contribution in [0, 0.1) is 5.41 Å². The summed E-state index contributed by atoms with van der Waals surface area (Å²) in [6.45, 7) is 0. The van der Waals surface area contributed by atoms with Crippen LogP contribution in [0.25, 0.3) is 0 Å². The zero-order valence-corrected chi connectivity index (χ0v) is 3.77. The van der Waals surface area contributed by atoms with Crippen LogP contribution in [0.4, 0.5) is 0 Å². The number of nitrogens with one attached hydrogen (secondary N) is 1. The average molecular weight is 107 g/mol. The molecule has 0 amide bonds. The van der Waals surface area contributed by atoms with Gasteiger partial charge in [0.1, 0.15) is 0 Å². The minimum Gasteiger partial charge on any atom is -0.343 e. The van der Waals surface area contributed by atoms with Crippen LogP contribution in [0.15, 0.2) is 0 Å². The molecule has 0 radical (unpaired) electrons. The SMILES string of the molecule is N=C(N)[P+](=O)O. The Bertz CT molecular complexity index is 77.5. The molecule has 0 aromatic carbocycles. The maximum Gasteiger partial charge on any atom is 0.585 e. The molecule has 0 aliphatic rings. The second-order valence-corrected chi connectivity index (χ2v) is 1.69. The van der Waals surface area contributed by atoms with E-state index in [4.69, 9.17) is 10.3 Å². The van der Waals surface area contributed by atoms with Crippen LogP contribution in [-0.4, -0.2) is 10.5 Å². The molecule has 0 rings (SSSR count). The van der Waals surface area contributed by atoms with E-state index in [9.17, 15) is 4.57 Å². The van der Waals surface area contributed by atoms with E-state index >= 15 is 0 Å². The van der Waals surface area contributed by atoms with Crippen molar-refractivity contribution >= 4 is 13.6 Å². The molecule has 0 saturated carbocycles. The van der Waals surface area contributed by atoms with Crippen molar-refractivity contribution in [1.82, 2.24) is 0 Å². The number of rotatable bonds is 1. The summed E-state index contributed by atoms with van der Waals surface area (Å²) in [5.74, 6) is 0. The zero-order chi connectivity index (χ0) is 5.15. The van der Waals surface area contributed by atoms with Crippen molar-refractivity contribution in [2.45, 2.75) is 0 Å². The highest BCUT2D eigenvalue weighted by atomic mass is 31.1. The van der Waals surface area contributed by atoms with E-state index in [1.54, 1.807) is 0 Å². The van der Waals surface area contributed by atoms with Crippen LogP contribution < -0.4 is 5.73 Å². The van der Waals surface area contributed by atoms with E-state index in [0.29, 0.717) is 0 Å². The van der Waals surface area contributed by atoms with Gasteiger partial charge in [-0.1, -0.05) is 0 Å². The van der Waals surface area contributed by atoms with Gasteiger partial charge in [0.2, 0.25) is 0 Å². The lowest BCUT2D eigenvalue weighted by Gasteiger charge is -1.61. The fraction of sp³-hybridized carbons (Fsp3) is 0. The smallest absolute Gasteiger partial charge is 0.343 e. The highest BCUT2D eigenvalue weighted by Crippen LogP contribution is 2.08. The summed E-state index contributed by atoms with van der Waals surface area (Å²) in [5, 5.41) is 6.19. The maximum atomic E-state index is 9.50. The molecule has 5 heteroatoms. The summed E-state index contributed by atoms with van der Waals surface area (Å²) in [5.41, 5.74) is 3.81. The maximum absolute atomic E-state index is 9.50. The number of hydrogen-bond acceptors (Lipinski definition) is 2. The summed E-state index contributed by atoms with van der Waals surface area (Å²) in [4.78, 5) is 7.79. The van der Waals surface area contributed by atoms with Gasteiger partial charge in [-0.15, -0.1) is 0 Å². The van der Waals surface area contributed by atoms with Crippen molar-refractivity contribution in [3.8, 4) is 0 Å². The van der Waals surface area contributed by atoms with Crippen LogP contribution in [0.1, 0.15) is 0 Å². The lowest BCUT2D eigenvalue weighted by atomic mass is 11.4. The monoisotopic (exact) mass is 107 g/mol. The summed E-state index contributed by atoms with van der Waals surface area (Å²) in [7, 11) is -2.55. The molecule has 4 N–H and O–H groups in total. The Hall–Kier alpha value is -0.470. The van der Waals surface area contributed by atoms with Crippen molar-refractivity contribution in [2.24, 2.45) is 5.73 Å². The van der Waals surface area contributed by atoms with E-state index < -0.39 is 13.6 Å². The molecule has 6 heavy (non-hydrogen) atoms. The lowest BCUT2D eigenvalue weighted by molar-refractivity contribution is 0.515. The standard InChI is InChI=1S/CH3N2O2P/c2-1(3)6(4)5/h(H3-,2,3,4,5)/p+1. The Labute approximate surface area is 35.4 Å². The van der Waals surface area contributed by atoms with Crippen LogP contribution in [0.2, 0.25) is 0 Å². The fourth-order valence-corrected chi connectivity index (χ4v) is 0. The third-order valence-corrected chi connectivity index (χ3v) is 0.618. The molecule has 1 atom stereocenters. The zero-order valence-electron chi connectivity index (χ0n) is 2.88. The molecule has 0 bridgehead atoms. The quantitative estimate of drug-likeness (QED) is 0.242. The van der Waals surface area contributed by atoms with Gasteiger partial charge in [0.25, 0.3) is 0 Å². The fourth-order valence-electron chi connectivity index (χ4n) is 0. The molecule has 34 valence electrons. The number of nitrogens with two attached hydrogens (primary N) is 1. The Balaban J connectivity index is 3.57. The van der Waals surface area contributed by atoms with Gasteiger partial charge in [-0.25, -0.2) is 5.41 Å². The Morgan fingerprint density at radius 1 is 2.00 bits per heavy atom. The predicted octanol–water partition coefficient (Wildman–Crippen LogP) is -0.385. The molecule has 0 heterocycles. The first-order valence-electron chi connectivity index (χ1n) is 1.14. The summed E-state index contributed by atoms with van der Waals surface area (Å²) in [6, 6.07) is 0. The molecule has 0 aliphatic carbocycles. The highest BCUT2D eigenvalue weighted by molar-refractivity contribution is 7.58. The molecule has 0 spiro atoms. The Morgan fingerprint density at radius 3 is 2.17 bits per heavy atom. The third kappa shape index (κ3) is 1.81. The first kappa shape index (κ1) is 5.53. The van der Waals surface area contributed by atoms with Crippen LogP contribution in [-0.2, 0) is 4.57 Å². The molecular weight excluding hydrogens is 103 g/mol. The minimum atomic E-state index is -2.55. The lowest BCUT2D eigenvalue weighted by Crippen LogP contribution is -2.01. The molecule has 4 nitrogen and oxygen atoms in total. The van der Waals surface area contributed by atoms with Gasteiger partial charge < -0.3 is 5.73 Å². The second kappa shape index (κ2) is 1.85. The number of hydrogen-bond donors (Lipinski definition) is 3. The van der Waals surface area contributed by atoms with Crippen molar-refractivity contribution in [3.05, 3.63) is 0 Å². The molecule has 0 aromatic heterocycles. The van der Waals surface area contributed by atoms with Gasteiger partial charge in [-0.05, 0) is 4.57 Å². The Kier molecular flexibility index (Phi) is 1.70. The Morgan fingerprint density at radius 2 is 2.17 bits per heavy atom. The van der Waals surface area contributed by atoms with Crippen LogP contribution in [0.3, 0.4) is 0 Å². The van der Waals surface area contributed by atoms with Gasteiger partial charge in [-0.2, -0.15) is 4.89 Å². The normalized spacial score (nSPS) is 10.5. The molecule has 0 aliphatic heterocycles. The first-order valence-corrected chi connectivity index (χ1v) is 2.36. The van der Waals surface area contributed by atoms with E-state index in [-0.39, 0.29) is 0 Å². The van der Waals surface area contributed by atoms with E-state index in [1.165, 1.54) is 0 Å². The minimum absolute atomic E-state index is 0.676. The van der Waals surface area contributed by atoms with E-state index in [1.807, 2.05) is 0 Å². The molecule has 0 saturated heterocycles. The van der Waals surface area contributed by atoms with E-state index in [2.05, 4.69) is 5.73 Å². The molecule has 0 aromatic rings. The third-order valence-electron chi connectivity index (χ3n) is 0.206. The van der Waals surface area contributed by atoms with Crippen molar-refractivity contribution < 1.29 is 9.46 Å². The predicted molar refractivity (Wildman–Crippen MR) is 21.7 cm³/mol. The largest absolute Gasteiger partial charge is 0.585 e. The van der Waals surface area contributed by atoms with Crippen LogP contribution in [0.5, 0.6) is 0 Å². The van der Waals surface area contributed by atoms with Crippen molar-refractivity contribution in [3.63, 3.8) is 0 Å². The van der Waals surface area contributed by atoms with Gasteiger partial charge in [0, 0.05) is 0 Å². The van der Waals surface area contributed by atoms with Crippen LogP contribution >= 0.6 is 8.03 Å². The van der Waals surface area contributed by atoms with Gasteiger partial charge in [-0.3, -0.25) is 0 Å². The van der Waals surface area contributed by atoms with Gasteiger partial charge in [0.15, 0.2) is 0 Å². The van der Waals surface area contributed by atoms with Gasteiger partial charge >= 0.3 is 13.6 Å². The summed E-state index contributed by atoms with van der Waals surface area (Å²) in [6.07, 6.45) is 0. The summed E-state index contributed by atoms with van der Waals surface area (Å²) >= 11 is 0. The second-order valence-electron chi connectivity index (χ2n) is 0.658. The first-order chi connectivity index (χ1) is 2.64. The van der Waals surface area contributed by atoms with E-state index in [0.717, 1.165) is 0 Å². The summed E-state index contributed by atoms with van der Waals surface area (Å²) < 4.78 is 9.50. The van der Waals surface area contributed by atoms with Crippen molar-refractivity contribution in [2.75, 3.05) is 0 Å². The average Bonchev–Trinajstić information content (AvgIpc) is 1.36. The molecule has 1 unspecified atom stereocenters. The topological polar surface area (TPSA) is 87.2 Å². The number of amidine groups is 1. The molecular formula is CH4N2O2P+. The van der Waals surface area contributed by atoms with Crippen molar-refractivity contribution in [1.29, 1.82) is 5.41 Å².